The van der Waals surface area contributed by atoms with E-state index in [2.05, 4.69) is 9.97 Å². The largest absolute Gasteiger partial charge is 0.481 e. The number of carboxylic acid groups (broad SMARTS) is 1. The Kier molecular flexibility index (Phi) is 3.46. The average Bonchev–Trinajstić information content (AvgIpc) is 2.94. The summed E-state index contributed by atoms with van der Waals surface area (Å²) in [6.07, 6.45) is 4.84. The summed E-state index contributed by atoms with van der Waals surface area (Å²) in [6.45, 7) is 0. The van der Waals surface area contributed by atoms with Crippen molar-refractivity contribution in [3.05, 3.63) is 59.2 Å². The SMILES string of the molecule is O=C(O)C(Cc1ccccc1)c1ncnc2c1CCC2. The number of nitrogens with zero attached hydrogens (tertiary/aromatic N) is 2. The fraction of sp³-hybridized carbons (Fsp3) is 0.312. The van der Waals surface area contributed by atoms with Crippen LogP contribution in [0.15, 0.2) is 36.7 Å². The lowest BCUT2D eigenvalue weighted by Gasteiger charge is -2.15. The van der Waals surface area contributed by atoms with E-state index in [9.17, 15) is 9.90 Å². The predicted molar refractivity (Wildman–Crippen MR) is 74.6 cm³/mol. The fourth-order valence-electron chi connectivity index (χ4n) is 2.84. The lowest BCUT2D eigenvalue weighted by atomic mass is 9.92. The van der Waals surface area contributed by atoms with Gasteiger partial charge in [-0.1, -0.05) is 30.3 Å². The predicted octanol–water partition coefficient (Wildman–Crippen LogP) is 2.38. The van der Waals surface area contributed by atoms with Gasteiger partial charge in [0.25, 0.3) is 0 Å². The van der Waals surface area contributed by atoms with Crippen molar-refractivity contribution in [1.29, 1.82) is 0 Å². The molecule has 0 bridgehead atoms. The minimum Gasteiger partial charge on any atom is -0.481 e. The molecule has 4 heteroatoms. The van der Waals surface area contributed by atoms with E-state index in [4.69, 9.17) is 0 Å². The molecule has 1 aromatic carbocycles. The molecular formula is C16H16N2O2. The Labute approximate surface area is 117 Å². The number of aliphatic carboxylic acids is 1. The molecule has 1 aliphatic rings. The molecule has 102 valence electrons. The highest BCUT2D eigenvalue weighted by Crippen LogP contribution is 2.29. The van der Waals surface area contributed by atoms with Gasteiger partial charge >= 0.3 is 5.97 Å². The molecule has 0 radical (unpaired) electrons. The van der Waals surface area contributed by atoms with Crippen LogP contribution in [0.4, 0.5) is 0 Å². The molecular weight excluding hydrogens is 252 g/mol. The quantitative estimate of drug-likeness (QED) is 0.924. The van der Waals surface area contributed by atoms with Crippen LogP contribution < -0.4 is 0 Å². The Morgan fingerprint density at radius 2 is 2.00 bits per heavy atom. The average molecular weight is 268 g/mol. The molecule has 0 fully saturated rings. The third kappa shape index (κ3) is 2.41. The molecule has 1 N–H and O–H groups in total. The van der Waals surface area contributed by atoms with Crippen molar-refractivity contribution in [2.24, 2.45) is 0 Å². The molecule has 0 amide bonds. The van der Waals surface area contributed by atoms with Gasteiger partial charge in [0.05, 0.1) is 5.69 Å². The van der Waals surface area contributed by atoms with Crippen LogP contribution >= 0.6 is 0 Å². The van der Waals surface area contributed by atoms with Crippen LogP contribution in [0.25, 0.3) is 0 Å². The molecule has 1 heterocycles. The van der Waals surface area contributed by atoms with Crippen molar-refractivity contribution in [3.8, 4) is 0 Å². The molecule has 0 spiro atoms. The standard InChI is InChI=1S/C16H16N2O2/c19-16(20)13(9-11-5-2-1-3-6-11)15-12-7-4-8-14(12)17-10-18-15/h1-3,5-6,10,13H,4,7-9H2,(H,19,20). The number of hydrogen-bond donors (Lipinski definition) is 1. The van der Waals surface area contributed by atoms with Crippen LogP contribution in [-0.4, -0.2) is 21.0 Å². The fourth-order valence-corrected chi connectivity index (χ4v) is 2.84. The Hall–Kier alpha value is -2.23. The Morgan fingerprint density at radius 3 is 2.75 bits per heavy atom. The van der Waals surface area contributed by atoms with Crippen LogP contribution in [0.1, 0.15) is 34.9 Å². The number of rotatable bonds is 4. The van der Waals surface area contributed by atoms with E-state index in [1.807, 2.05) is 30.3 Å². The summed E-state index contributed by atoms with van der Waals surface area (Å²) in [4.78, 5) is 20.2. The van der Waals surface area contributed by atoms with E-state index < -0.39 is 11.9 Å². The normalized spacial score (nSPS) is 14.8. The number of aromatic nitrogens is 2. The molecule has 0 saturated heterocycles. The summed E-state index contributed by atoms with van der Waals surface area (Å²) in [6, 6.07) is 9.70. The zero-order valence-electron chi connectivity index (χ0n) is 11.1. The Bertz CT molecular complexity index is 626. The first-order chi connectivity index (χ1) is 9.75. The van der Waals surface area contributed by atoms with Gasteiger partial charge in [-0.2, -0.15) is 0 Å². The molecule has 1 unspecified atom stereocenters. The van der Waals surface area contributed by atoms with Crippen molar-refractivity contribution in [2.75, 3.05) is 0 Å². The van der Waals surface area contributed by atoms with Gasteiger partial charge < -0.3 is 5.11 Å². The second-order valence-corrected chi connectivity index (χ2v) is 5.12. The summed E-state index contributed by atoms with van der Waals surface area (Å²) >= 11 is 0. The van der Waals surface area contributed by atoms with Crippen LogP contribution in [0.2, 0.25) is 0 Å². The second kappa shape index (κ2) is 5.41. The van der Waals surface area contributed by atoms with E-state index in [1.54, 1.807) is 0 Å². The molecule has 0 aliphatic heterocycles. The molecule has 0 saturated carbocycles. The number of aryl methyl sites for hydroxylation is 1. The molecule has 1 atom stereocenters. The topological polar surface area (TPSA) is 63.1 Å². The van der Waals surface area contributed by atoms with E-state index in [0.29, 0.717) is 12.1 Å². The summed E-state index contributed by atoms with van der Waals surface area (Å²) in [5.41, 5.74) is 3.79. The highest BCUT2D eigenvalue weighted by atomic mass is 16.4. The van der Waals surface area contributed by atoms with Gasteiger partial charge in [0, 0.05) is 5.69 Å². The van der Waals surface area contributed by atoms with Gasteiger partial charge in [-0.3, -0.25) is 4.79 Å². The maximum absolute atomic E-state index is 11.6. The van der Waals surface area contributed by atoms with Crippen molar-refractivity contribution in [1.82, 2.24) is 9.97 Å². The van der Waals surface area contributed by atoms with Crippen molar-refractivity contribution in [3.63, 3.8) is 0 Å². The third-order valence-corrected chi connectivity index (χ3v) is 3.82. The van der Waals surface area contributed by atoms with Gasteiger partial charge in [-0.25, -0.2) is 9.97 Å². The van der Waals surface area contributed by atoms with E-state index in [-0.39, 0.29) is 0 Å². The lowest BCUT2D eigenvalue weighted by Crippen LogP contribution is -2.18. The smallest absolute Gasteiger partial charge is 0.312 e. The van der Waals surface area contributed by atoms with Gasteiger partial charge in [0.1, 0.15) is 12.2 Å². The van der Waals surface area contributed by atoms with E-state index in [0.717, 1.165) is 36.1 Å². The molecule has 1 aliphatic carbocycles. The van der Waals surface area contributed by atoms with E-state index >= 15 is 0 Å². The third-order valence-electron chi connectivity index (χ3n) is 3.82. The molecule has 20 heavy (non-hydrogen) atoms. The first-order valence-corrected chi connectivity index (χ1v) is 6.85. The van der Waals surface area contributed by atoms with Crippen LogP contribution in [0.5, 0.6) is 0 Å². The van der Waals surface area contributed by atoms with E-state index in [1.165, 1.54) is 6.33 Å². The van der Waals surface area contributed by atoms with Crippen molar-refractivity contribution < 1.29 is 9.90 Å². The molecule has 2 aromatic rings. The maximum atomic E-state index is 11.6. The second-order valence-electron chi connectivity index (χ2n) is 5.12. The monoisotopic (exact) mass is 268 g/mol. The summed E-state index contributed by atoms with van der Waals surface area (Å²) < 4.78 is 0. The zero-order chi connectivity index (χ0) is 13.9. The minimum absolute atomic E-state index is 0.472. The first-order valence-electron chi connectivity index (χ1n) is 6.85. The van der Waals surface area contributed by atoms with Gasteiger partial charge in [-0.05, 0) is 36.8 Å². The van der Waals surface area contributed by atoms with Crippen LogP contribution in [0, 0.1) is 0 Å². The van der Waals surface area contributed by atoms with Crippen molar-refractivity contribution in [2.45, 2.75) is 31.6 Å². The van der Waals surface area contributed by atoms with Crippen LogP contribution in [0.3, 0.4) is 0 Å². The van der Waals surface area contributed by atoms with Gasteiger partial charge in [0.15, 0.2) is 0 Å². The first kappa shape index (κ1) is 12.8. The number of carboxylic acids is 1. The summed E-state index contributed by atoms with van der Waals surface area (Å²) in [7, 11) is 0. The van der Waals surface area contributed by atoms with Gasteiger partial charge in [0.2, 0.25) is 0 Å². The maximum Gasteiger partial charge on any atom is 0.312 e. The Morgan fingerprint density at radius 1 is 1.20 bits per heavy atom. The van der Waals surface area contributed by atoms with Crippen LogP contribution in [-0.2, 0) is 24.1 Å². The Balaban J connectivity index is 1.96. The zero-order valence-corrected chi connectivity index (χ0v) is 11.1. The lowest BCUT2D eigenvalue weighted by molar-refractivity contribution is -0.138. The van der Waals surface area contributed by atoms with Gasteiger partial charge in [-0.15, -0.1) is 0 Å². The number of carbonyl (C=O) groups is 1. The number of hydrogen-bond acceptors (Lipinski definition) is 3. The number of benzene rings is 1. The molecule has 4 nitrogen and oxygen atoms in total. The summed E-state index contributed by atoms with van der Waals surface area (Å²) in [5, 5.41) is 9.56. The highest BCUT2D eigenvalue weighted by molar-refractivity contribution is 5.76. The summed E-state index contributed by atoms with van der Waals surface area (Å²) in [5.74, 6) is -1.41. The van der Waals surface area contributed by atoms with Crippen molar-refractivity contribution >= 4 is 5.97 Å². The highest BCUT2D eigenvalue weighted by Gasteiger charge is 2.28. The molecule has 3 rings (SSSR count). The minimum atomic E-state index is -0.818. The molecule has 1 aromatic heterocycles. The number of fused-ring (bicyclic) bond motifs is 1.